The number of nitrogens with two attached hydrogens (primary N) is 1. The largest absolute Gasteiger partial charge is 0.324 e. The number of rotatable bonds is 5. The smallest absolute Gasteiger partial charge is 0.322 e. The monoisotopic (exact) mass is 462 g/mol. The molecule has 0 unspecified atom stereocenters. The van der Waals surface area contributed by atoms with Crippen molar-refractivity contribution in [3.8, 4) is 11.1 Å². The molecule has 1 saturated heterocycles. The van der Waals surface area contributed by atoms with Crippen molar-refractivity contribution in [2.24, 2.45) is 5.84 Å². The van der Waals surface area contributed by atoms with E-state index in [2.05, 4.69) is 9.88 Å². The van der Waals surface area contributed by atoms with Crippen LogP contribution in [0.25, 0.3) is 11.1 Å². The molecule has 3 amide bonds. The molecule has 4 rings (SSSR count). The van der Waals surface area contributed by atoms with Gasteiger partial charge < -0.3 is 9.80 Å². The second kappa shape index (κ2) is 10.4. The van der Waals surface area contributed by atoms with Crippen molar-refractivity contribution in [1.29, 1.82) is 0 Å². The van der Waals surface area contributed by atoms with E-state index in [0.717, 1.165) is 30.3 Å². The van der Waals surface area contributed by atoms with E-state index < -0.39 is 11.7 Å². The number of benzene rings is 2. The van der Waals surface area contributed by atoms with Gasteiger partial charge in [-0.15, -0.1) is 0 Å². The first-order valence-electron chi connectivity index (χ1n) is 11.0. The minimum Gasteiger partial charge on any atom is -0.322 e. The molecule has 0 radical (unpaired) electrons. The van der Waals surface area contributed by atoms with Crippen LogP contribution in [0.2, 0.25) is 0 Å². The van der Waals surface area contributed by atoms with Crippen molar-refractivity contribution in [1.82, 2.24) is 20.2 Å². The average Bonchev–Trinajstić information content (AvgIpc) is 2.88. The van der Waals surface area contributed by atoms with Gasteiger partial charge in [-0.3, -0.25) is 20.1 Å². The highest BCUT2D eigenvalue weighted by Gasteiger charge is 2.26. The van der Waals surface area contributed by atoms with Crippen LogP contribution in [-0.4, -0.2) is 59.9 Å². The quantitative estimate of drug-likeness (QED) is 0.345. The Morgan fingerprint density at radius 3 is 2.50 bits per heavy atom. The maximum atomic E-state index is 14.9. The maximum Gasteiger partial charge on any atom is 0.324 e. The third-order valence-electron chi connectivity index (χ3n) is 5.93. The standard InChI is InChI=1S/C25H27FN6O2/c1-30-10-12-31(13-11-30)25(34)32(17-21-8-7-19(15-23(21)26)24(33)29-27)22-6-2-4-18(14-22)20-5-3-9-28-16-20/h2-9,14-16H,10-13,17,27H2,1H3,(H,29,33). The molecule has 1 fully saturated rings. The zero-order valence-electron chi connectivity index (χ0n) is 18.9. The van der Waals surface area contributed by atoms with Crippen LogP contribution in [0.5, 0.6) is 0 Å². The lowest BCUT2D eigenvalue weighted by Crippen LogP contribution is -2.52. The van der Waals surface area contributed by atoms with Crippen molar-refractivity contribution < 1.29 is 14.0 Å². The van der Waals surface area contributed by atoms with Gasteiger partial charge in [-0.1, -0.05) is 24.3 Å². The number of carbonyl (C=O) groups excluding carboxylic acids is 2. The molecule has 0 bridgehead atoms. The van der Waals surface area contributed by atoms with Crippen molar-refractivity contribution in [3.63, 3.8) is 0 Å². The van der Waals surface area contributed by atoms with E-state index in [1.165, 1.54) is 12.1 Å². The Hall–Kier alpha value is -3.82. The summed E-state index contributed by atoms with van der Waals surface area (Å²) in [6.45, 7) is 2.73. The number of nitrogens with zero attached hydrogens (tertiary/aromatic N) is 4. The molecule has 0 atom stereocenters. The molecule has 2 aromatic carbocycles. The number of hydrogen-bond donors (Lipinski definition) is 2. The number of aromatic nitrogens is 1. The van der Waals surface area contributed by atoms with E-state index in [4.69, 9.17) is 5.84 Å². The number of pyridine rings is 1. The van der Waals surface area contributed by atoms with Crippen LogP contribution >= 0.6 is 0 Å². The lowest BCUT2D eigenvalue weighted by Gasteiger charge is -2.36. The molecule has 176 valence electrons. The normalized spacial score (nSPS) is 14.0. The van der Waals surface area contributed by atoms with Crippen LogP contribution in [0, 0.1) is 5.82 Å². The van der Waals surface area contributed by atoms with Gasteiger partial charge in [0.15, 0.2) is 0 Å². The SMILES string of the molecule is CN1CCN(C(=O)N(Cc2ccc(C(=O)NN)cc2F)c2cccc(-c3cccnc3)c2)CC1. The Labute approximate surface area is 197 Å². The molecule has 8 nitrogen and oxygen atoms in total. The fourth-order valence-corrected chi connectivity index (χ4v) is 3.90. The van der Waals surface area contributed by atoms with Crippen molar-refractivity contribution in [2.45, 2.75) is 6.54 Å². The summed E-state index contributed by atoms with van der Waals surface area (Å²) in [5, 5.41) is 0. The first kappa shape index (κ1) is 23.3. The molecule has 1 aromatic heterocycles. The van der Waals surface area contributed by atoms with E-state index >= 15 is 0 Å². The molecule has 3 N–H and O–H groups in total. The summed E-state index contributed by atoms with van der Waals surface area (Å²) in [5.74, 6) is 3.99. The minimum atomic E-state index is -0.583. The van der Waals surface area contributed by atoms with E-state index in [9.17, 15) is 14.0 Å². The van der Waals surface area contributed by atoms with Crippen LogP contribution in [0.1, 0.15) is 15.9 Å². The van der Waals surface area contributed by atoms with Gasteiger partial charge in [-0.25, -0.2) is 15.0 Å². The number of anilines is 1. The Morgan fingerprint density at radius 1 is 1.06 bits per heavy atom. The summed E-state index contributed by atoms with van der Waals surface area (Å²) in [4.78, 5) is 35.1. The van der Waals surface area contributed by atoms with Gasteiger partial charge in [0, 0.05) is 61.0 Å². The highest BCUT2D eigenvalue weighted by molar-refractivity contribution is 5.94. The molecule has 1 aliphatic heterocycles. The lowest BCUT2D eigenvalue weighted by atomic mass is 10.1. The van der Waals surface area contributed by atoms with Crippen LogP contribution in [0.3, 0.4) is 0 Å². The number of halogens is 1. The number of carbonyl (C=O) groups is 2. The molecule has 9 heteroatoms. The van der Waals surface area contributed by atoms with Crippen LogP contribution in [-0.2, 0) is 6.54 Å². The van der Waals surface area contributed by atoms with Crippen molar-refractivity contribution in [3.05, 3.63) is 83.9 Å². The van der Waals surface area contributed by atoms with Crippen LogP contribution in [0.4, 0.5) is 14.9 Å². The highest BCUT2D eigenvalue weighted by atomic mass is 19.1. The highest BCUT2D eigenvalue weighted by Crippen LogP contribution is 2.27. The molecule has 0 spiro atoms. The van der Waals surface area contributed by atoms with E-state index in [1.807, 2.05) is 48.9 Å². The number of likely N-dealkylation sites (N-methyl/N-ethyl adjacent to an activating group) is 1. The topological polar surface area (TPSA) is 94.8 Å². The predicted molar refractivity (Wildman–Crippen MR) is 128 cm³/mol. The third-order valence-corrected chi connectivity index (χ3v) is 5.93. The summed E-state index contributed by atoms with van der Waals surface area (Å²) in [6, 6.07) is 15.3. The molecule has 2 heterocycles. The van der Waals surface area contributed by atoms with Gasteiger partial charge in [0.05, 0.1) is 6.54 Å². The second-order valence-corrected chi connectivity index (χ2v) is 8.23. The molecular weight excluding hydrogens is 435 g/mol. The maximum absolute atomic E-state index is 14.9. The first-order valence-corrected chi connectivity index (χ1v) is 11.0. The molecule has 34 heavy (non-hydrogen) atoms. The molecule has 1 aliphatic rings. The summed E-state index contributed by atoms with van der Waals surface area (Å²) >= 11 is 0. The predicted octanol–water partition coefficient (Wildman–Crippen LogP) is 2.87. The molecule has 3 aromatic rings. The zero-order valence-corrected chi connectivity index (χ0v) is 18.9. The Bertz CT molecular complexity index is 1170. The van der Waals surface area contributed by atoms with Gasteiger partial charge in [-0.05, 0) is 42.9 Å². The van der Waals surface area contributed by atoms with Gasteiger partial charge >= 0.3 is 6.03 Å². The molecule has 0 saturated carbocycles. The Morgan fingerprint density at radius 2 is 1.82 bits per heavy atom. The molecule has 0 aliphatic carbocycles. The van der Waals surface area contributed by atoms with Crippen molar-refractivity contribution in [2.75, 3.05) is 38.1 Å². The van der Waals surface area contributed by atoms with Crippen LogP contribution < -0.4 is 16.2 Å². The number of amides is 3. The summed E-state index contributed by atoms with van der Waals surface area (Å²) in [7, 11) is 2.02. The third kappa shape index (κ3) is 5.22. The molecular formula is C25H27FN6O2. The van der Waals surface area contributed by atoms with Crippen molar-refractivity contribution >= 4 is 17.6 Å². The van der Waals surface area contributed by atoms with Gasteiger partial charge in [0.1, 0.15) is 5.82 Å². The summed E-state index contributed by atoms with van der Waals surface area (Å²) in [5.41, 5.74) is 4.86. The minimum absolute atomic E-state index is 0.0119. The summed E-state index contributed by atoms with van der Waals surface area (Å²) in [6.07, 6.45) is 3.46. The number of hydrogen-bond acceptors (Lipinski definition) is 5. The Kier molecular flexibility index (Phi) is 7.15. The summed E-state index contributed by atoms with van der Waals surface area (Å²) < 4.78 is 14.9. The van der Waals surface area contributed by atoms with E-state index in [-0.39, 0.29) is 18.1 Å². The zero-order chi connectivity index (χ0) is 24.1. The Balaban J connectivity index is 1.68. The lowest BCUT2D eigenvalue weighted by molar-refractivity contribution is 0.0953. The fraction of sp³-hybridized carbons (Fsp3) is 0.240. The number of nitrogens with one attached hydrogen (secondary N) is 1. The number of nitrogen functional groups attached to an aromatic ring is 1. The van der Waals surface area contributed by atoms with Gasteiger partial charge in [0.25, 0.3) is 5.91 Å². The second-order valence-electron chi connectivity index (χ2n) is 8.23. The average molecular weight is 463 g/mol. The van der Waals surface area contributed by atoms with Crippen LogP contribution in [0.15, 0.2) is 67.0 Å². The number of hydrazine groups is 1. The first-order chi connectivity index (χ1) is 16.5. The van der Waals surface area contributed by atoms with E-state index in [1.54, 1.807) is 22.2 Å². The fourth-order valence-electron chi connectivity index (χ4n) is 3.90. The van der Waals surface area contributed by atoms with E-state index in [0.29, 0.717) is 24.3 Å². The number of urea groups is 1. The van der Waals surface area contributed by atoms with Gasteiger partial charge in [-0.2, -0.15) is 0 Å². The number of piperazine rings is 1. The van der Waals surface area contributed by atoms with Gasteiger partial charge in [0.2, 0.25) is 0 Å².